The van der Waals surface area contributed by atoms with E-state index in [4.69, 9.17) is 0 Å². The Kier molecular flexibility index (Phi) is 5.60. The van der Waals surface area contributed by atoms with Gasteiger partial charge in [0.25, 0.3) is 0 Å². The largest absolute Gasteiger partial charge is 0.508 e. The highest BCUT2D eigenvalue weighted by atomic mass is 32.1. The van der Waals surface area contributed by atoms with Crippen LogP contribution in [0.4, 0.5) is 9.93 Å². The number of hydrogen-bond acceptors (Lipinski definition) is 4. The molecule has 1 heterocycles. The predicted octanol–water partition coefficient (Wildman–Crippen LogP) is 4.59. The lowest BCUT2D eigenvalue weighted by atomic mass is 10.1. The summed E-state index contributed by atoms with van der Waals surface area (Å²) in [5.74, 6) is 0.596. The molecular formula is C17H23N3O2S. The van der Waals surface area contributed by atoms with E-state index < -0.39 is 0 Å². The molecule has 2 N–H and O–H groups in total. The first-order chi connectivity index (χ1) is 10.9. The number of rotatable bonds is 5. The van der Waals surface area contributed by atoms with Crippen molar-refractivity contribution in [3.05, 3.63) is 40.9 Å². The molecule has 2 rings (SSSR count). The van der Waals surface area contributed by atoms with Gasteiger partial charge in [0, 0.05) is 17.6 Å². The first-order valence-corrected chi connectivity index (χ1v) is 8.56. The van der Waals surface area contributed by atoms with Crippen molar-refractivity contribution in [2.75, 3.05) is 11.9 Å². The third kappa shape index (κ3) is 4.22. The van der Waals surface area contributed by atoms with Crippen molar-refractivity contribution in [1.82, 2.24) is 9.88 Å². The zero-order chi connectivity index (χ0) is 17.0. The van der Waals surface area contributed by atoms with Crippen molar-refractivity contribution < 1.29 is 9.90 Å². The number of hydrogen-bond donors (Lipinski definition) is 2. The lowest BCUT2D eigenvalue weighted by molar-refractivity contribution is 0.197. The summed E-state index contributed by atoms with van der Waals surface area (Å²) in [5.41, 5.74) is 0.893. The Labute approximate surface area is 141 Å². The minimum absolute atomic E-state index is 0.142. The molecule has 124 valence electrons. The lowest BCUT2D eigenvalue weighted by Gasteiger charge is -2.28. The summed E-state index contributed by atoms with van der Waals surface area (Å²) in [4.78, 5) is 19.7. The molecule has 0 radical (unpaired) electrons. The topological polar surface area (TPSA) is 65.5 Å². The molecular weight excluding hydrogens is 310 g/mol. The Morgan fingerprint density at radius 1 is 1.39 bits per heavy atom. The first kappa shape index (κ1) is 17.3. The van der Waals surface area contributed by atoms with Gasteiger partial charge in [-0.1, -0.05) is 26.0 Å². The maximum atomic E-state index is 12.5. The van der Waals surface area contributed by atoms with E-state index in [9.17, 15) is 9.90 Å². The second kappa shape index (κ2) is 7.46. The summed E-state index contributed by atoms with van der Waals surface area (Å²) in [6, 6.07) is 6.66. The van der Waals surface area contributed by atoms with Crippen LogP contribution in [-0.2, 0) is 0 Å². The molecule has 1 aromatic heterocycles. The van der Waals surface area contributed by atoms with Crippen LogP contribution in [0, 0.1) is 0 Å². The Morgan fingerprint density at radius 3 is 2.70 bits per heavy atom. The number of amides is 2. The average Bonchev–Trinajstić information content (AvgIpc) is 2.96. The van der Waals surface area contributed by atoms with E-state index in [1.807, 2.05) is 19.9 Å². The summed E-state index contributed by atoms with van der Waals surface area (Å²) in [7, 11) is 0. The number of aromatic nitrogens is 1. The molecule has 0 bridgehead atoms. The smallest absolute Gasteiger partial charge is 0.324 e. The van der Waals surface area contributed by atoms with Crippen LogP contribution in [0.25, 0.3) is 0 Å². The predicted molar refractivity (Wildman–Crippen MR) is 94.1 cm³/mol. The third-order valence-corrected chi connectivity index (χ3v) is 4.94. The van der Waals surface area contributed by atoms with Crippen molar-refractivity contribution in [3.8, 4) is 5.75 Å². The van der Waals surface area contributed by atoms with E-state index in [-0.39, 0.29) is 17.8 Å². The van der Waals surface area contributed by atoms with E-state index in [2.05, 4.69) is 24.1 Å². The van der Waals surface area contributed by atoms with Crippen molar-refractivity contribution in [2.24, 2.45) is 0 Å². The number of benzene rings is 1. The van der Waals surface area contributed by atoms with Gasteiger partial charge in [0.15, 0.2) is 5.13 Å². The van der Waals surface area contributed by atoms with E-state index in [0.717, 1.165) is 10.4 Å². The number of thiazole rings is 1. The maximum absolute atomic E-state index is 12.5. The molecule has 2 aromatic rings. The second-order valence-corrected chi connectivity index (χ2v) is 6.77. The number of urea groups is 1. The van der Waals surface area contributed by atoms with E-state index in [0.29, 0.717) is 17.6 Å². The Morgan fingerprint density at radius 2 is 2.13 bits per heavy atom. The number of aromatic hydroxyl groups is 1. The number of nitrogens with zero attached hydrogens (tertiary/aromatic N) is 2. The van der Waals surface area contributed by atoms with Gasteiger partial charge in [-0.05, 0) is 37.5 Å². The standard InChI is InChI=1S/C17H23N3O2S/c1-5-20(12(4)13-7-6-8-14(21)9-13)17(22)19-16-18-10-15(23-16)11(2)3/h6-12,21H,5H2,1-4H3,(H,18,19,22). The van der Waals surface area contributed by atoms with Gasteiger partial charge in [0.05, 0.1) is 6.04 Å². The van der Waals surface area contributed by atoms with Crippen molar-refractivity contribution in [2.45, 2.75) is 39.7 Å². The molecule has 5 nitrogen and oxygen atoms in total. The Balaban J connectivity index is 2.11. The third-order valence-electron chi connectivity index (χ3n) is 3.73. The monoisotopic (exact) mass is 333 g/mol. The number of phenols is 1. The van der Waals surface area contributed by atoms with E-state index in [1.165, 1.54) is 11.3 Å². The summed E-state index contributed by atoms with van der Waals surface area (Å²) in [5, 5.41) is 13.1. The number of phenolic OH excluding ortho intramolecular Hbond substituents is 1. The summed E-state index contributed by atoms with van der Waals surface area (Å²) in [6.07, 6.45) is 1.81. The van der Waals surface area contributed by atoms with Crippen molar-refractivity contribution >= 4 is 22.5 Å². The first-order valence-electron chi connectivity index (χ1n) is 7.74. The van der Waals surface area contributed by atoms with Gasteiger partial charge in [-0.15, -0.1) is 11.3 Å². The highest BCUT2D eigenvalue weighted by Gasteiger charge is 2.21. The minimum Gasteiger partial charge on any atom is -0.508 e. The lowest BCUT2D eigenvalue weighted by Crippen LogP contribution is -2.36. The van der Waals surface area contributed by atoms with Crippen LogP contribution in [-0.4, -0.2) is 27.6 Å². The van der Waals surface area contributed by atoms with Crippen LogP contribution < -0.4 is 5.32 Å². The second-order valence-electron chi connectivity index (χ2n) is 5.71. The van der Waals surface area contributed by atoms with Crippen LogP contribution in [0.3, 0.4) is 0 Å². The molecule has 1 atom stereocenters. The fraction of sp³-hybridized carbons (Fsp3) is 0.412. The van der Waals surface area contributed by atoms with Gasteiger partial charge < -0.3 is 10.0 Å². The highest BCUT2D eigenvalue weighted by molar-refractivity contribution is 7.15. The molecule has 0 aliphatic rings. The van der Waals surface area contributed by atoms with Crippen molar-refractivity contribution in [1.29, 1.82) is 0 Å². The summed E-state index contributed by atoms with van der Waals surface area (Å²) >= 11 is 1.50. The van der Waals surface area contributed by atoms with Crippen LogP contribution in [0.15, 0.2) is 30.5 Å². The van der Waals surface area contributed by atoms with Gasteiger partial charge in [-0.25, -0.2) is 9.78 Å². The molecule has 0 saturated carbocycles. The normalized spacial score (nSPS) is 12.2. The SMILES string of the molecule is CCN(C(=O)Nc1ncc(C(C)C)s1)C(C)c1cccc(O)c1. The van der Waals surface area contributed by atoms with Gasteiger partial charge in [0.2, 0.25) is 0 Å². The van der Waals surface area contributed by atoms with Crippen LogP contribution in [0.1, 0.15) is 50.1 Å². The van der Waals surface area contributed by atoms with Crippen LogP contribution >= 0.6 is 11.3 Å². The van der Waals surface area contributed by atoms with Gasteiger partial charge >= 0.3 is 6.03 Å². The average molecular weight is 333 g/mol. The zero-order valence-electron chi connectivity index (χ0n) is 13.9. The Bertz CT molecular complexity index is 669. The van der Waals surface area contributed by atoms with E-state index in [1.54, 1.807) is 29.3 Å². The molecule has 1 unspecified atom stereocenters. The molecule has 1 aromatic carbocycles. The molecule has 2 amide bonds. The maximum Gasteiger partial charge on any atom is 0.324 e. The molecule has 0 aliphatic carbocycles. The molecule has 6 heteroatoms. The molecule has 23 heavy (non-hydrogen) atoms. The number of carbonyl (C=O) groups is 1. The molecule has 0 aliphatic heterocycles. The van der Waals surface area contributed by atoms with Gasteiger partial charge in [0.1, 0.15) is 5.75 Å². The van der Waals surface area contributed by atoms with Crippen molar-refractivity contribution in [3.63, 3.8) is 0 Å². The fourth-order valence-electron chi connectivity index (χ4n) is 2.33. The number of anilines is 1. The van der Waals surface area contributed by atoms with Crippen LogP contribution in [0.2, 0.25) is 0 Å². The molecule has 0 fully saturated rings. The quantitative estimate of drug-likeness (QED) is 0.841. The minimum atomic E-state index is -0.187. The summed E-state index contributed by atoms with van der Waals surface area (Å²) < 4.78 is 0. The Hall–Kier alpha value is -2.08. The van der Waals surface area contributed by atoms with E-state index >= 15 is 0 Å². The number of nitrogens with one attached hydrogen (secondary N) is 1. The summed E-state index contributed by atoms with van der Waals surface area (Å²) in [6.45, 7) is 8.63. The van der Waals surface area contributed by atoms with Crippen LogP contribution in [0.5, 0.6) is 5.75 Å². The van der Waals surface area contributed by atoms with Gasteiger partial charge in [-0.2, -0.15) is 0 Å². The van der Waals surface area contributed by atoms with Gasteiger partial charge in [-0.3, -0.25) is 5.32 Å². The molecule has 0 saturated heterocycles. The highest BCUT2D eigenvalue weighted by Crippen LogP contribution is 2.27. The number of carbonyl (C=O) groups excluding carboxylic acids is 1. The fourth-order valence-corrected chi connectivity index (χ4v) is 3.14. The molecule has 0 spiro atoms. The zero-order valence-corrected chi connectivity index (χ0v) is 14.7.